The summed E-state index contributed by atoms with van der Waals surface area (Å²) in [6, 6.07) is 15.7. The largest absolute Gasteiger partial charge is 0.376 e. The normalized spacial score (nSPS) is 9.79. The van der Waals surface area contributed by atoms with Crippen LogP contribution in [0, 0.1) is 11.3 Å². The molecule has 0 aliphatic heterocycles. The van der Waals surface area contributed by atoms with E-state index in [-0.39, 0.29) is 0 Å². The van der Waals surface area contributed by atoms with Crippen LogP contribution in [-0.2, 0) is 0 Å². The molecule has 0 aliphatic carbocycles. The number of nitriles is 1. The second-order valence-electron chi connectivity index (χ2n) is 4.34. The first-order valence-corrected chi connectivity index (χ1v) is 6.64. The number of nitrogens with zero attached hydrogens (tertiary/aromatic N) is 2. The first-order chi connectivity index (χ1) is 9.11. The molecule has 0 radical (unpaired) electrons. The van der Waals surface area contributed by atoms with Crippen molar-refractivity contribution < 1.29 is 0 Å². The van der Waals surface area contributed by atoms with E-state index < -0.39 is 0 Å². The number of benzene rings is 2. The van der Waals surface area contributed by atoms with Gasteiger partial charge in [-0.05, 0) is 46.3 Å². The summed E-state index contributed by atoms with van der Waals surface area (Å²) in [5, 5.41) is 12.2. The SMILES string of the molecule is CN(C)c1ccccc1Nc1ccc(C#N)cc1Br. The molecule has 0 heterocycles. The van der Waals surface area contributed by atoms with Gasteiger partial charge in [-0.1, -0.05) is 12.1 Å². The third-order valence-electron chi connectivity index (χ3n) is 2.75. The lowest BCUT2D eigenvalue weighted by atomic mass is 10.2. The fourth-order valence-corrected chi connectivity index (χ4v) is 2.28. The van der Waals surface area contributed by atoms with Gasteiger partial charge in [0.05, 0.1) is 28.7 Å². The highest BCUT2D eigenvalue weighted by atomic mass is 79.9. The van der Waals surface area contributed by atoms with Gasteiger partial charge in [0.2, 0.25) is 0 Å². The molecular weight excluding hydrogens is 302 g/mol. The van der Waals surface area contributed by atoms with Gasteiger partial charge < -0.3 is 10.2 Å². The van der Waals surface area contributed by atoms with E-state index in [4.69, 9.17) is 5.26 Å². The molecule has 0 bridgehead atoms. The number of hydrogen-bond donors (Lipinski definition) is 1. The summed E-state index contributed by atoms with van der Waals surface area (Å²) in [7, 11) is 4.02. The van der Waals surface area contributed by atoms with E-state index in [1.165, 1.54) is 0 Å². The smallest absolute Gasteiger partial charge is 0.0992 e. The van der Waals surface area contributed by atoms with Gasteiger partial charge in [-0.15, -0.1) is 0 Å². The number of halogens is 1. The molecule has 3 nitrogen and oxygen atoms in total. The molecule has 0 aromatic heterocycles. The van der Waals surface area contributed by atoms with Gasteiger partial charge in [-0.2, -0.15) is 5.26 Å². The number of hydrogen-bond acceptors (Lipinski definition) is 3. The summed E-state index contributed by atoms with van der Waals surface area (Å²) < 4.78 is 0.875. The van der Waals surface area contributed by atoms with E-state index >= 15 is 0 Å². The number of nitrogens with one attached hydrogen (secondary N) is 1. The second kappa shape index (κ2) is 5.77. The van der Waals surface area contributed by atoms with Crippen LogP contribution in [-0.4, -0.2) is 14.1 Å². The minimum Gasteiger partial charge on any atom is -0.376 e. The predicted octanol–water partition coefficient (Wildman–Crippen LogP) is 4.13. The van der Waals surface area contributed by atoms with Gasteiger partial charge in [0, 0.05) is 18.6 Å². The van der Waals surface area contributed by atoms with Gasteiger partial charge >= 0.3 is 0 Å². The highest BCUT2D eigenvalue weighted by Gasteiger charge is 2.06. The molecule has 0 aliphatic rings. The highest BCUT2D eigenvalue weighted by Crippen LogP contribution is 2.31. The first-order valence-electron chi connectivity index (χ1n) is 5.85. The lowest BCUT2D eigenvalue weighted by molar-refractivity contribution is 1.13. The van der Waals surface area contributed by atoms with Crippen LogP contribution in [0.4, 0.5) is 17.1 Å². The van der Waals surface area contributed by atoms with Crippen LogP contribution in [0.5, 0.6) is 0 Å². The van der Waals surface area contributed by atoms with E-state index in [2.05, 4.69) is 38.3 Å². The Labute approximate surface area is 121 Å². The van der Waals surface area contributed by atoms with Crippen molar-refractivity contribution >= 4 is 33.0 Å². The molecule has 19 heavy (non-hydrogen) atoms. The fourth-order valence-electron chi connectivity index (χ4n) is 1.80. The Morgan fingerprint density at radius 1 is 1.11 bits per heavy atom. The Hall–Kier alpha value is -1.99. The average molecular weight is 316 g/mol. The van der Waals surface area contributed by atoms with Crippen molar-refractivity contribution in [1.29, 1.82) is 5.26 Å². The maximum absolute atomic E-state index is 8.86. The lowest BCUT2D eigenvalue weighted by Crippen LogP contribution is -2.10. The van der Waals surface area contributed by atoms with Crippen molar-refractivity contribution in [2.24, 2.45) is 0 Å². The quantitative estimate of drug-likeness (QED) is 0.925. The third kappa shape index (κ3) is 3.07. The van der Waals surface area contributed by atoms with Gasteiger partial charge in [-0.25, -0.2) is 0 Å². The monoisotopic (exact) mass is 315 g/mol. The Bertz CT molecular complexity index is 630. The topological polar surface area (TPSA) is 39.1 Å². The zero-order valence-electron chi connectivity index (χ0n) is 10.8. The molecule has 0 saturated carbocycles. The molecule has 0 saturated heterocycles. The Kier molecular flexibility index (Phi) is 4.08. The highest BCUT2D eigenvalue weighted by molar-refractivity contribution is 9.10. The van der Waals surface area contributed by atoms with Crippen molar-refractivity contribution in [3.8, 4) is 6.07 Å². The van der Waals surface area contributed by atoms with Crippen LogP contribution < -0.4 is 10.2 Å². The van der Waals surface area contributed by atoms with Crippen molar-refractivity contribution in [3.63, 3.8) is 0 Å². The molecule has 96 valence electrons. The summed E-state index contributed by atoms with van der Waals surface area (Å²) >= 11 is 3.48. The first kappa shape index (κ1) is 13.4. The molecule has 0 unspecified atom stereocenters. The number of para-hydroxylation sites is 2. The molecule has 0 amide bonds. The van der Waals surface area contributed by atoms with Gasteiger partial charge in [0.25, 0.3) is 0 Å². The maximum Gasteiger partial charge on any atom is 0.0992 e. The van der Waals surface area contributed by atoms with E-state index in [1.54, 1.807) is 12.1 Å². The van der Waals surface area contributed by atoms with Crippen LogP contribution in [0.1, 0.15) is 5.56 Å². The zero-order valence-corrected chi connectivity index (χ0v) is 12.4. The average Bonchev–Trinajstić information content (AvgIpc) is 2.41. The summed E-state index contributed by atoms with van der Waals surface area (Å²) in [5.41, 5.74) is 3.71. The standard InChI is InChI=1S/C15H14BrN3/c1-19(2)15-6-4-3-5-14(15)18-13-8-7-11(10-17)9-12(13)16/h3-9,18H,1-2H3. The minimum absolute atomic E-state index is 0.637. The predicted molar refractivity (Wildman–Crippen MR) is 82.9 cm³/mol. The zero-order chi connectivity index (χ0) is 13.8. The van der Waals surface area contributed by atoms with Gasteiger partial charge in [0.1, 0.15) is 0 Å². The molecule has 2 aromatic rings. The number of rotatable bonds is 3. The van der Waals surface area contributed by atoms with E-state index in [9.17, 15) is 0 Å². The summed E-state index contributed by atoms with van der Waals surface area (Å²) in [5.74, 6) is 0. The van der Waals surface area contributed by atoms with Crippen molar-refractivity contribution in [1.82, 2.24) is 0 Å². The van der Waals surface area contributed by atoms with Crippen molar-refractivity contribution in [2.75, 3.05) is 24.3 Å². The van der Waals surface area contributed by atoms with Gasteiger partial charge in [0.15, 0.2) is 0 Å². The molecule has 2 rings (SSSR count). The minimum atomic E-state index is 0.637. The molecule has 1 N–H and O–H groups in total. The fraction of sp³-hybridized carbons (Fsp3) is 0.133. The Morgan fingerprint density at radius 3 is 2.47 bits per heavy atom. The van der Waals surface area contributed by atoms with Crippen molar-refractivity contribution in [3.05, 3.63) is 52.5 Å². The van der Waals surface area contributed by atoms with Crippen LogP contribution in [0.25, 0.3) is 0 Å². The second-order valence-corrected chi connectivity index (χ2v) is 5.20. The Balaban J connectivity index is 2.34. The molecule has 0 atom stereocenters. The van der Waals surface area contributed by atoms with E-state index in [0.717, 1.165) is 21.5 Å². The van der Waals surface area contributed by atoms with E-state index in [0.29, 0.717) is 5.56 Å². The van der Waals surface area contributed by atoms with Crippen LogP contribution in [0.3, 0.4) is 0 Å². The number of anilines is 3. The van der Waals surface area contributed by atoms with Crippen LogP contribution >= 0.6 is 15.9 Å². The maximum atomic E-state index is 8.86. The van der Waals surface area contributed by atoms with Crippen LogP contribution in [0.15, 0.2) is 46.9 Å². The lowest BCUT2D eigenvalue weighted by Gasteiger charge is -2.19. The van der Waals surface area contributed by atoms with E-state index in [1.807, 2.05) is 38.4 Å². The summed E-state index contributed by atoms with van der Waals surface area (Å²) in [4.78, 5) is 2.06. The molecule has 0 spiro atoms. The van der Waals surface area contributed by atoms with Gasteiger partial charge in [-0.3, -0.25) is 0 Å². The molecular formula is C15H14BrN3. The Morgan fingerprint density at radius 2 is 1.84 bits per heavy atom. The van der Waals surface area contributed by atoms with Crippen LogP contribution in [0.2, 0.25) is 0 Å². The molecule has 4 heteroatoms. The molecule has 0 fully saturated rings. The summed E-state index contributed by atoms with van der Waals surface area (Å²) in [6.07, 6.45) is 0. The summed E-state index contributed by atoms with van der Waals surface area (Å²) in [6.45, 7) is 0. The molecule has 2 aromatic carbocycles. The third-order valence-corrected chi connectivity index (χ3v) is 3.41. The van der Waals surface area contributed by atoms with Crippen molar-refractivity contribution in [2.45, 2.75) is 0 Å².